The molecule has 1 N–H and O–H groups in total. The summed E-state index contributed by atoms with van der Waals surface area (Å²) < 4.78 is 18.8. The van der Waals surface area contributed by atoms with Crippen molar-refractivity contribution in [2.24, 2.45) is 5.10 Å². The van der Waals surface area contributed by atoms with Crippen LogP contribution < -0.4 is 19.6 Å². The summed E-state index contributed by atoms with van der Waals surface area (Å²) in [5.74, 6) is 1.07. The number of amides is 1. The standard InChI is InChI=1S/C32H25BrN2O4/c33-25-12-9-10-23(20-25)22-37-30-19-18-24-11-7-8-17-28(24)29(30)21-34-35-31(36)32(38-26-13-3-1-4-14-26)39-27-15-5-2-6-16-27/h1-21,32H,22H2,(H,35,36)/b34-21-. The first-order valence-electron chi connectivity index (χ1n) is 12.3. The zero-order valence-corrected chi connectivity index (χ0v) is 22.5. The molecule has 5 aromatic carbocycles. The molecule has 1 amide bonds. The van der Waals surface area contributed by atoms with Crippen molar-refractivity contribution in [1.29, 1.82) is 0 Å². The van der Waals surface area contributed by atoms with E-state index in [1.165, 1.54) is 0 Å². The average Bonchev–Trinajstić information content (AvgIpc) is 2.97. The molecule has 0 fully saturated rings. The van der Waals surface area contributed by atoms with Gasteiger partial charge in [-0.2, -0.15) is 5.10 Å². The normalized spacial score (nSPS) is 11.0. The Balaban J connectivity index is 1.36. The predicted octanol–water partition coefficient (Wildman–Crippen LogP) is 7.12. The van der Waals surface area contributed by atoms with Crippen LogP contribution in [-0.4, -0.2) is 18.4 Å². The lowest BCUT2D eigenvalue weighted by Gasteiger charge is -2.18. The van der Waals surface area contributed by atoms with Gasteiger partial charge in [0.25, 0.3) is 0 Å². The SMILES string of the molecule is O=C(N/N=C\c1c(OCc2cccc(Br)c2)ccc2ccccc12)C(Oc1ccccc1)Oc1ccccc1. The molecular weight excluding hydrogens is 556 g/mol. The summed E-state index contributed by atoms with van der Waals surface area (Å²) in [5.41, 5.74) is 4.33. The number of rotatable bonds is 10. The van der Waals surface area contributed by atoms with Crippen molar-refractivity contribution in [3.63, 3.8) is 0 Å². The molecule has 6 nitrogen and oxygen atoms in total. The smallest absolute Gasteiger partial charge is 0.323 e. The summed E-state index contributed by atoms with van der Waals surface area (Å²) in [6.07, 6.45) is 0.324. The van der Waals surface area contributed by atoms with Crippen LogP contribution in [-0.2, 0) is 11.4 Å². The molecule has 5 aromatic rings. The summed E-state index contributed by atoms with van der Waals surface area (Å²) in [6.45, 7) is 0.378. The van der Waals surface area contributed by atoms with E-state index in [9.17, 15) is 4.79 Å². The van der Waals surface area contributed by atoms with Gasteiger partial charge in [0.1, 0.15) is 23.9 Å². The van der Waals surface area contributed by atoms with Crippen LogP contribution in [0.1, 0.15) is 11.1 Å². The minimum absolute atomic E-state index is 0.378. The van der Waals surface area contributed by atoms with Gasteiger partial charge in [0, 0.05) is 10.0 Å². The number of nitrogens with zero attached hydrogens (tertiary/aromatic N) is 1. The fraction of sp³-hybridized carbons (Fsp3) is 0.0625. The molecule has 0 aromatic heterocycles. The summed E-state index contributed by atoms with van der Waals surface area (Å²) >= 11 is 3.50. The number of hydrazone groups is 1. The van der Waals surface area contributed by atoms with Crippen molar-refractivity contribution in [2.75, 3.05) is 0 Å². The largest absolute Gasteiger partial charge is 0.488 e. The third-order valence-corrected chi connectivity index (χ3v) is 6.26. The Labute approximate surface area is 235 Å². The van der Waals surface area contributed by atoms with Gasteiger partial charge in [-0.25, -0.2) is 5.43 Å². The predicted molar refractivity (Wildman–Crippen MR) is 156 cm³/mol. The van der Waals surface area contributed by atoms with Crippen LogP contribution in [0.25, 0.3) is 10.8 Å². The number of halogens is 1. The van der Waals surface area contributed by atoms with Gasteiger partial charge in [-0.05, 0) is 58.8 Å². The van der Waals surface area contributed by atoms with Crippen LogP contribution in [0.5, 0.6) is 17.2 Å². The Bertz CT molecular complexity index is 1530. The molecule has 0 saturated heterocycles. The highest BCUT2D eigenvalue weighted by molar-refractivity contribution is 9.10. The van der Waals surface area contributed by atoms with E-state index in [1.807, 2.05) is 97.1 Å². The van der Waals surface area contributed by atoms with Crippen molar-refractivity contribution in [3.8, 4) is 17.2 Å². The first kappa shape index (κ1) is 26.0. The first-order valence-corrected chi connectivity index (χ1v) is 13.1. The lowest BCUT2D eigenvalue weighted by atomic mass is 10.0. The van der Waals surface area contributed by atoms with E-state index in [0.717, 1.165) is 26.4 Å². The van der Waals surface area contributed by atoms with Gasteiger partial charge in [-0.1, -0.05) is 94.8 Å². The minimum atomic E-state index is -1.26. The van der Waals surface area contributed by atoms with Gasteiger partial charge in [-0.15, -0.1) is 0 Å². The first-order chi connectivity index (χ1) is 19.2. The third-order valence-electron chi connectivity index (χ3n) is 5.77. The molecule has 0 aliphatic carbocycles. The highest BCUT2D eigenvalue weighted by atomic mass is 79.9. The van der Waals surface area contributed by atoms with Crippen LogP contribution in [0.4, 0.5) is 0 Å². The molecule has 5 rings (SSSR count). The molecule has 0 saturated carbocycles. The fourth-order valence-electron chi connectivity index (χ4n) is 3.91. The Morgan fingerprint density at radius 2 is 1.46 bits per heavy atom. The van der Waals surface area contributed by atoms with Gasteiger partial charge < -0.3 is 14.2 Å². The lowest BCUT2D eigenvalue weighted by molar-refractivity contribution is -0.140. The minimum Gasteiger partial charge on any atom is -0.488 e. The topological polar surface area (TPSA) is 69.2 Å². The number of hydrogen-bond donors (Lipinski definition) is 1. The van der Waals surface area contributed by atoms with E-state index < -0.39 is 12.2 Å². The average molecular weight is 581 g/mol. The number of carbonyl (C=O) groups is 1. The zero-order valence-electron chi connectivity index (χ0n) is 20.9. The highest BCUT2D eigenvalue weighted by Gasteiger charge is 2.22. The van der Waals surface area contributed by atoms with Crippen molar-refractivity contribution in [2.45, 2.75) is 12.9 Å². The van der Waals surface area contributed by atoms with Crippen molar-refractivity contribution in [1.82, 2.24) is 5.43 Å². The Morgan fingerprint density at radius 1 is 0.795 bits per heavy atom. The van der Waals surface area contributed by atoms with E-state index in [2.05, 4.69) is 26.5 Å². The summed E-state index contributed by atoms with van der Waals surface area (Å²) in [4.78, 5) is 13.1. The molecule has 0 aliphatic heterocycles. The Hall–Kier alpha value is -4.62. The van der Waals surface area contributed by atoms with Gasteiger partial charge in [-0.3, -0.25) is 4.79 Å². The van der Waals surface area contributed by atoms with Gasteiger partial charge >= 0.3 is 12.2 Å². The molecule has 0 spiro atoms. The van der Waals surface area contributed by atoms with E-state index >= 15 is 0 Å². The van der Waals surface area contributed by atoms with E-state index in [1.54, 1.807) is 30.5 Å². The van der Waals surface area contributed by atoms with Crippen LogP contribution in [0.15, 0.2) is 131 Å². The lowest BCUT2D eigenvalue weighted by Crippen LogP contribution is -2.40. The number of carbonyl (C=O) groups excluding carboxylic acids is 1. The number of ether oxygens (including phenoxy) is 3. The molecule has 0 radical (unpaired) electrons. The highest BCUT2D eigenvalue weighted by Crippen LogP contribution is 2.28. The number of hydrogen-bond acceptors (Lipinski definition) is 5. The van der Waals surface area contributed by atoms with Crippen LogP contribution in [0.2, 0.25) is 0 Å². The quantitative estimate of drug-likeness (QED) is 0.108. The maximum absolute atomic E-state index is 13.1. The molecule has 0 aliphatic rings. The van der Waals surface area contributed by atoms with Crippen LogP contribution >= 0.6 is 15.9 Å². The van der Waals surface area contributed by atoms with E-state index in [0.29, 0.717) is 23.9 Å². The second-order valence-corrected chi connectivity index (χ2v) is 9.46. The number of nitrogens with one attached hydrogen (secondary N) is 1. The molecule has 0 heterocycles. The summed E-state index contributed by atoms with van der Waals surface area (Å²) in [5, 5.41) is 6.22. The van der Waals surface area contributed by atoms with Crippen molar-refractivity contribution < 1.29 is 19.0 Å². The summed E-state index contributed by atoms with van der Waals surface area (Å²) in [7, 11) is 0. The third kappa shape index (κ3) is 7.03. The molecule has 39 heavy (non-hydrogen) atoms. The van der Waals surface area contributed by atoms with Gasteiger partial charge in [0.05, 0.1) is 6.21 Å². The molecule has 0 bridgehead atoms. The molecule has 194 valence electrons. The van der Waals surface area contributed by atoms with E-state index in [-0.39, 0.29) is 0 Å². The Morgan fingerprint density at radius 3 is 2.15 bits per heavy atom. The van der Waals surface area contributed by atoms with Crippen molar-refractivity contribution >= 4 is 38.8 Å². The molecule has 0 atom stereocenters. The zero-order chi connectivity index (χ0) is 26.9. The van der Waals surface area contributed by atoms with Crippen LogP contribution in [0.3, 0.4) is 0 Å². The number of fused-ring (bicyclic) bond motifs is 1. The monoisotopic (exact) mass is 580 g/mol. The number of benzene rings is 5. The van der Waals surface area contributed by atoms with Crippen LogP contribution in [0, 0.1) is 0 Å². The van der Waals surface area contributed by atoms with E-state index in [4.69, 9.17) is 14.2 Å². The van der Waals surface area contributed by atoms with Gasteiger partial charge in [0.2, 0.25) is 0 Å². The second kappa shape index (κ2) is 12.8. The fourth-order valence-corrected chi connectivity index (χ4v) is 4.36. The maximum Gasteiger partial charge on any atom is 0.323 e. The molecule has 0 unspecified atom stereocenters. The Kier molecular flexibility index (Phi) is 8.51. The maximum atomic E-state index is 13.1. The summed E-state index contributed by atoms with van der Waals surface area (Å²) in [6, 6.07) is 37.8. The molecule has 7 heteroatoms. The number of para-hydroxylation sites is 2. The second-order valence-electron chi connectivity index (χ2n) is 8.55. The van der Waals surface area contributed by atoms with Gasteiger partial charge in [0.15, 0.2) is 0 Å². The molecular formula is C32H25BrN2O4. The van der Waals surface area contributed by atoms with Crippen molar-refractivity contribution in [3.05, 3.63) is 137 Å².